The van der Waals surface area contributed by atoms with Gasteiger partial charge in [0.05, 0.1) is 0 Å². The molecule has 5 nitrogen and oxygen atoms in total. The van der Waals surface area contributed by atoms with E-state index >= 15 is 0 Å². The first-order valence-corrected chi connectivity index (χ1v) is 6.08. The van der Waals surface area contributed by atoms with Crippen LogP contribution in [0.1, 0.15) is 18.4 Å². The Balaban J connectivity index is 2.36. The van der Waals surface area contributed by atoms with Crippen LogP contribution in [0, 0.1) is 6.92 Å². The smallest absolute Gasteiger partial charge is 0.302 e. The molecule has 1 unspecified atom stereocenters. The first kappa shape index (κ1) is 12.4. The molecule has 1 aromatic heterocycles. The van der Waals surface area contributed by atoms with E-state index in [0.29, 0.717) is 12.1 Å². The summed E-state index contributed by atoms with van der Waals surface area (Å²) in [6.45, 7) is 3.07. The van der Waals surface area contributed by atoms with E-state index in [1.807, 2.05) is 7.05 Å². The van der Waals surface area contributed by atoms with E-state index in [2.05, 4.69) is 9.88 Å². The van der Waals surface area contributed by atoms with Crippen molar-refractivity contribution in [1.29, 1.82) is 0 Å². The van der Waals surface area contributed by atoms with Crippen molar-refractivity contribution in [3.8, 4) is 0 Å². The molecule has 1 saturated heterocycles. The van der Waals surface area contributed by atoms with Crippen LogP contribution in [0.5, 0.6) is 0 Å². The van der Waals surface area contributed by atoms with Gasteiger partial charge in [-0.05, 0) is 33.4 Å². The molecule has 2 rings (SSSR count). The van der Waals surface area contributed by atoms with Crippen molar-refractivity contribution in [2.24, 2.45) is 0 Å². The maximum absolute atomic E-state index is 11.9. The van der Waals surface area contributed by atoms with E-state index < -0.39 is 5.69 Å². The predicted octanol–water partition coefficient (Wildman–Crippen LogP) is 0.593. The van der Waals surface area contributed by atoms with Gasteiger partial charge >= 0.3 is 5.69 Å². The molecule has 0 saturated carbocycles. The Bertz CT molecular complexity index is 534. The number of hydrogen-bond donors (Lipinski definition) is 1. The van der Waals surface area contributed by atoms with Gasteiger partial charge in [-0.25, -0.2) is 4.79 Å². The minimum atomic E-state index is -0.425. The zero-order chi connectivity index (χ0) is 12.6. The minimum Gasteiger partial charge on any atom is -0.302 e. The monoisotopic (exact) mass is 257 g/mol. The van der Waals surface area contributed by atoms with Crippen molar-refractivity contribution in [2.45, 2.75) is 32.4 Å². The lowest BCUT2D eigenvalue weighted by Crippen LogP contribution is -2.42. The number of hydrogen-bond acceptors (Lipinski definition) is 3. The molecule has 1 aromatic rings. The van der Waals surface area contributed by atoms with Gasteiger partial charge in [0.25, 0.3) is 5.56 Å². The molecule has 0 aromatic carbocycles. The largest absolute Gasteiger partial charge is 0.329 e. The second kappa shape index (κ2) is 4.66. The first-order chi connectivity index (χ1) is 8.00. The summed E-state index contributed by atoms with van der Waals surface area (Å²) in [6, 6.07) is 0.259. The molecule has 1 aliphatic heterocycles. The third-order valence-electron chi connectivity index (χ3n) is 3.42. The Morgan fingerprint density at radius 1 is 1.47 bits per heavy atom. The Kier molecular flexibility index (Phi) is 3.40. The Morgan fingerprint density at radius 2 is 2.18 bits per heavy atom. The molecule has 0 aliphatic carbocycles. The highest BCUT2D eigenvalue weighted by Crippen LogP contribution is 2.15. The first-order valence-electron chi connectivity index (χ1n) is 5.70. The van der Waals surface area contributed by atoms with Gasteiger partial charge in [0.1, 0.15) is 5.15 Å². The molecule has 6 heteroatoms. The third kappa shape index (κ3) is 2.30. The molecule has 0 spiro atoms. The van der Waals surface area contributed by atoms with Crippen LogP contribution >= 0.6 is 11.6 Å². The van der Waals surface area contributed by atoms with E-state index in [1.165, 1.54) is 4.57 Å². The van der Waals surface area contributed by atoms with Gasteiger partial charge in [-0.15, -0.1) is 0 Å². The fourth-order valence-corrected chi connectivity index (χ4v) is 2.39. The van der Waals surface area contributed by atoms with E-state index in [0.717, 1.165) is 19.4 Å². The fraction of sp³-hybridized carbons (Fsp3) is 0.636. The lowest BCUT2D eigenvalue weighted by Gasteiger charge is -2.19. The molecule has 1 N–H and O–H groups in total. The number of halogens is 1. The van der Waals surface area contributed by atoms with Crippen LogP contribution in [0.15, 0.2) is 9.59 Å². The average Bonchev–Trinajstić information content (AvgIpc) is 2.67. The van der Waals surface area contributed by atoms with Crippen molar-refractivity contribution in [2.75, 3.05) is 13.6 Å². The normalized spacial score (nSPS) is 21.0. The third-order valence-corrected chi connectivity index (χ3v) is 3.80. The summed E-state index contributed by atoms with van der Waals surface area (Å²) < 4.78 is 1.24. The summed E-state index contributed by atoms with van der Waals surface area (Å²) in [7, 11) is 2.01. The Hall–Kier alpha value is -1.07. The highest BCUT2D eigenvalue weighted by atomic mass is 35.5. The van der Waals surface area contributed by atoms with Crippen LogP contribution in [-0.4, -0.2) is 34.1 Å². The van der Waals surface area contributed by atoms with Gasteiger partial charge < -0.3 is 4.90 Å². The molecule has 1 aliphatic rings. The van der Waals surface area contributed by atoms with E-state index in [9.17, 15) is 9.59 Å². The van der Waals surface area contributed by atoms with Crippen LogP contribution in [0.2, 0.25) is 5.15 Å². The van der Waals surface area contributed by atoms with Crippen LogP contribution in [0.4, 0.5) is 0 Å². The summed E-state index contributed by atoms with van der Waals surface area (Å²) in [4.78, 5) is 28.3. The number of H-pyrrole nitrogens is 1. The number of rotatable bonds is 2. The average molecular weight is 258 g/mol. The summed E-state index contributed by atoms with van der Waals surface area (Å²) in [6.07, 6.45) is 2.13. The molecule has 1 atom stereocenters. The van der Waals surface area contributed by atoms with Gasteiger partial charge in [0.2, 0.25) is 0 Å². The standard InChI is InChI=1S/C11H16ClN3O2/c1-7-9(12)13-11(17)15(10(7)16)6-8-4-3-5-14(8)2/h8H,3-6H2,1-2H3,(H,13,17). The topological polar surface area (TPSA) is 58.1 Å². The number of likely N-dealkylation sites (tertiary alicyclic amines) is 1. The number of nitrogens with zero attached hydrogens (tertiary/aromatic N) is 2. The summed E-state index contributed by atoms with van der Waals surface area (Å²) in [5.74, 6) is 0. The van der Waals surface area contributed by atoms with Crippen LogP contribution < -0.4 is 11.2 Å². The van der Waals surface area contributed by atoms with E-state index in [4.69, 9.17) is 11.6 Å². The molecular formula is C11H16ClN3O2. The van der Waals surface area contributed by atoms with Crippen molar-refractivity contribution >= 4 is 11.6 Å². The van der Waals surface area contributed by atoms with Gasteiger partial charge in [-0.3, -0.25) is 14.3 Å². The lowest BCUT2D eigenvalue weighted by atomic mass is 10.2. The van der Waals surface area contributed by atoms with Gasteiger partial charge in [-0.1, -0.05) is 11.6 Å². The van der Waals surface area contributed by atoms with Crippen molar-refractivity contribution in [3.63, 3.8) is 0 Å². The second-order valence-corrected chi connectivity index (χ2v) is 4.94. The molecule has 0 bridgehead atoms. The summed E-state index contributed by atoms with van der Waals surface area (Å²) in [5, 5.41) is 0.135. The van der Waals surface area contributed by atoms with E-state index in [-0.39, 0.29) is 16.8 Å². The number of nitrogens with one attached hydrogen (secondary N) is 1. The quantitative estimate of drug-likeness (QED) is 0.789. The summed E-state index contributed by atoms with van der Waals surface area (Å²) in [5.41, 5.74) is -0.322. The maximum Gasteiger partial charge on any atom is 0.329 e. The Morgan fingerprint density at radius 3 is 2.76 bits per heavy atom. The van der Waals surface area contributed by atoms with Crippen LogP contribution in [0.25, 0.3) is 0 Å². The van der Waals surface area contributed by atoms with Gasteiger partial charge in [0, 0.05) is 18.2 Å². The predicted molar refractivity (Wildman–Crippen MR) is 66.7 cm³/mol. The molecule has 94 valence electrons. The molecule has 1 fully saturated rings. The highest BCUT2D eigenvalue weighted by Gasteiger charge is 2.22. The highest BCUT2D eigenvalue weighted by molar-refractivity contribution is 6.30. The van der Waals surface area contributed by atoms with Crippen molar-refractivity contribution in [1.82, 2.24) is 14.5 Å². The Labute approximate surface area is 104 Å². The molecule has 17 heavy (non-hydrogen) atoms. The molecule has 0 radical (unpaired) electrons. The van der Waals surface area contributed by atoms with Crippen LogP contribution in [0.3, 0.4) is 0 Å². The molecule has 0 amide bonds. The SMILES string of the molecule is Cc1c(Cl)[nH]c(=O)n(CC2CCCN2C)c1=O. The van der Waals surface area contributed by atoms with E-state index in [1.54, 1.807) is 6.92 Å². The minimum absolute atomic E-state index is 0.135. The fourth-order valence-electron chi connectivity index (χ4n) is 2.23. The van der Waals surface area contributed by atoms with Gasteiger partial charge in [0.15, 0.2) is 0 Å². The van der Waals surface area contributed by atoms with Crippen molar-refractivity contribution in [3.05, 3.63) is 31.6 Å². The van der Waals surface area contributed by atoms with Crippen molar-refractivity contribution < 1.29 is 0 Å². The zero-order valence-corrected chi connectivity index (χ0v) is 10.8. The number of aromatic amines is 1. The second-order valence-electron chi connectivity index (χ2n) is 4.56. The summed E-state index contributed by atoms with van der Waals surface area (Å²) >= 11 is 5.76. The number of likely N-dealkylation sites (N-methyl/N-ethyl adjacent to an activating group) is 1. The van der Waals surface area contributed by atoms with Gasteiger partial charge in [-0.2, -0.15) is 0 Å². The molecular weight excluding hydrogens is 242 g/mol. The lowest BCUT2D eigenvalue weighted by molar-refractivity contribution is 0.276. The zero-order valence-electron chi connectivity index (χ0n) is 9.99. The molecule has 2 heterocycles. The van der Waals surface area contributed by atoms with Crippen LogP contribution in [-0.2, 0) is 6.54 Å². The number of aromatic nitrogens is 2. The maximum atomic E-state index is 11.9.